The summed E-state index contributed by atoms with van der Waals surface area (Å²) in [4.78, 5) is 12.1. The zero-order valence-corrected chi connectivity index (χ0v) is 20.8. The second kappa shape index (κ2) is 9.91. The molecule has 4 aromatic rings. The summed E-state index contributed by atoms with van der Waals surface area (Å²) in [6.07, 6.45) is 3.39. The van der Waals surface area contributed by atoms with Gasteiger partial charge in [-0.2, -0.15) is 5.26 Å². The van der Waals surface area contributed by atoms with Gasteiger partial charge in [0.05, 0.1) is 23.0 Å². The third kappa shape index (κ3) is 4.93. The van der Waals surface area contributed by atoms with E-state index < -0.39 is 0 Å². The molecular formula is C29H32N6. The zero-order valence-electron chi connectivity index (χ0n) is 20.8. The lowest BCUT2D eigenvalue weighted by atomic mass is 10.1. The summed E-state index contributed by atoms with van der Waals surface area (Å²) in [5, 5.41) is 9.24. The lowest BCUT2D eigenvalue weighted by molar-refractivity contribution is 0.266. The molecule has 0 atom stereocenters. The number of anilines is 1. The van der Waals surface area contributed by atoms with Crippen LogP contribution in [0.2, 0.25) is 0 Å². The van der Waals surface area contributed by atoms with Crippen molar-refractivity contribution >= 4 is 11.3 Å². The molecule has 6 heteroatoms. The van der Waals surface area contributed by atoms with Crippen molar-refractivity contribution in [2.45, 2.75) is 13.0 Å². The summed E-state index contributed by atoms with van der Waals surface area (Å²) in [6.45, 7) is 5.18. The first-order chi connectivity index (χ1) is 17.0. The number of nitriles is 1. The lowest BCUT2D eigenvalue weighted by Gasteiger charge is -2.21. The Morgan fingerprint density at radius 1 is 0.857 bits per heavy atom. The molecule has 178 valence electrons. The van der Waals surface area contributed by atoms with Crippen LogP contribution < -0.4 is 4.90 Å². The quantitative estimate of drug-likeness (QED) is 0.427. The molecule has 0 bridgehead atoms. The smallest absolute Gasteiger partial charge is 0.137 e. The first-order valence-corrected chi connectivity index (χ1v) is 12.2. The fourth-order valence-electron chi connectivity index (χ4n) is 4.77. The molecule has 1 aliphatic heterocycles. The molecule has 0 unspecified atom stereocenters. The Morgan fingerprint density at radius 2 is 1.57 bits per heavy atom. The van der Waals surface area contributed by atoms with Crippen LogP contribution in [0.15, 0.2) is 66.9 Å². The van der Waals surface area contributed by atoms with Gasteiger partial charge in [-0.25, -0.2) is 4.98 Å². The number of nitrogens with zero attached hydrogens (tertiary/aromatic N) is 6. The highest BCUT2D eigenvalue weighted by Crippen LogP contribution is 2.29. The minimum absolute atomic E-state index is 0.665. The summed E-state index contributed by atoms with van der Waals surface area (Å²) >= 11 is 0. The van der Waals surface area contributed by atoms with Crippen LogP contribution in [-0.2, 0) is 6.54 Å². The maximum atomic E-state index is 9.24. The Labute approximate surface area is 207 Å². The Kier molecular flexibility index (Phi) is 6.54. The van der Waals surface area contributed by atoms with Gasteiger partial charge in [-0.05, 0) is 74.1 Å². The van der Waals surface area contributed by atoms with Crippen LogP contribution in [0.4, 0.5) is 5.69 Å². The summed E-state index contributed by atoms with van der Waals surface area (Å²) in [7, 11) is 6.32. The molecule has 3 heterocycles. The van der Waals surface area contributed by atoms with Crippen molar-refractivity contribution in [3.63, 3.8) is 0 Å². The fraction of sp³-hybridized carbons (Fsp3) is 0.310. The van der Waals surface area contributed by atoms with Crippen molar-refractivity contribution < 1.29 is 0 Å². The van der Waals surface area contributed by atoms with Crippen molar-refractivity contribution in [3.05, 3.63) is 78.1 Å². The number of imidazole rings is 1. The fourth-order valence-corrected chi connectivity index (χ4v) is 4.77. The van der Waals surface area contributed by atoms with Crippen LogP contribution in [-0.4, -0.2) is 66.5 Å². The van der Waals surface area contributed by atoms with E-state index >= 15 is 0 Å². The van der Waals surface area contributed by atoms with Crippen LogP contribution in [0.25, 0.3) is 28.0 Å². The van der Waals surface area contributed by atoms with Gasteiger partial charge in [0.15, 0.2) is 0 Å². The molecule has 2 aromatic heterocycles. The molecule has 35 heavy (non-hydrogen) atoms. The van der Waals surface area contributed by atoms with E-state index in [2.05, 4.69) is 88.9 Å². The average molecular weight is 465 g/mol. The van der Waals surface area contributed by atoms with E-state index in [-0.39, 0.29) is 0 Å². The molecule has 0 amide bonds. The normalized spacial score (nSPS) is 15.1. The second-order valence-electron chi connectivity index (χ2n) is 9.62. The summed E-state index contributed by atoms with van der Waals surface area (Å²) in [5.41, 5.74) is 8.39. The van der Waals surface area contributed by atoms with E-state index in [1.807, 2.05) is 24.3 Å². The molecule has 0 saturated carbocycles. The van der Waals surface area contributed by atoms with E-state index in [4.69, 9.17) is 4.98 Å². The largest absolute Gasteiger partial charge is 0.378 e. The standard InChI is InChI=1S/C29H32N6/c1-32(2)26-12-9-23(10-13-26)25-11-14-28-31-29(24-7-5-22(19-30)6-8-24)27(35(28)20-25)21-34-16-4-15-33(3)17-18-34/h5-14,20H,4,15-18,21H2,1-3H3. The van der Waals surface area contributed by atoms with Crippen LogP contribution in [0, 0.1) is 11.3 Å². The maximum absolute atomic E-state index is 9.24. The number of hydrogen-bond donors (Lipinski definition) is 0. The number of likely N-dealkylation sites (N-methyl/N-ethyl adjacent to an activating group) is 1. The molecule has 1 fully saturated rings. The van der Waals surface area contributed by atoms with E-state index in [0.29, 0.717) is 5.56 Å². The molecule has 0 radical (unpaired) electrons. The molecule has 0 N–H and O–H groups in total. The highest BCUT2D eigenvalue weighted by Gasteiger charge is 2.20. The predicted molar refractivity (Wildman–Crippen MR) is 142 cm³/mol. The van der Waals surface area contributed by atoms with Crippen molar-refractivity contribution in [1.82, 2.24) is 19.2 Å². The highest BCUT2D eigenvalue weighted by atomic mass is 15.2. The molecule has 2 aromatic carbocycles. The van der Waals surface area contributed by atoms with Gasteiger partial charge < -0.3 is 14.2 Å². The average Bonchev–Trinajstić information content (AvgIpc) is 3.10. The van der Waals surface area contributed by atoms with Gasteiger partial charge in [0, 0.05) is 51.2 Å². The monoisotopic (exact) mass is 464 g/mol. The Hall–Kier alpha value is -3.66. The van der Waals surface area contributed by atoms with Crippen molar-refractivity contribution in [2.24, 2.45) is 0 Å². The molecular weight excluding hydrogens is 432 g/mol. The number of hydrogen-bond acceptors (Lipinski definition) is 5. The summed E-state index contributed by atoms with van der Waals surface area (Å²) in [5.74, 6) is 0. The van der Waals surface area contributed by atoms with Crippen molar-refractivity contribution in [2.75, 3.05) is 52.2 Å². The predicted octanol–water partition coefficient (Wildman–Crippen LogP) is 4.74. The van der Waals surface area contributed by atoms with Gasteiger partial charge in [-0.1, -0.05) is 24.3 Å². The molecule has 5 rings (SSSR count). The van der Waals surface area contributed by atoms with Crippen LogP contribution in [0.3, 0.4) is 0 Å². The first-order valence-electron chi connectivity index (χ1n) is 12.2. The van der Waals surface area contributed by atoms with Gasteiger partial charge in [0.2, 0.25) is 0 Å². The van der Waals surface area contributed by atoms with Gasteiger partial charge >= 0.3 is 0 Å². The molecule has 0 spiro atoms. The van der Waals surface area contributed by atoms with E-state index in [1.165, 1.54) is 28.9 Å². The van der Waals surface area contributed by atoms with Crippen molar-refractivity contribution in [3.8, 4) is 28.5 Å². The number of fused-ring (bicyclic) bond motifs is 1. The highest BCUT2D eigenvalue weighted by molar-refractivity contribution is 5.71. The van der Waals surface area contributed by atoms with E-state index in [9.17, 15) is 5.26 Å². The number of benzene rings is 2. The van der Waals surface area contributed by atoms with Crippen LogP contribution in [0.1, 0.15) is 17.7 Å². The van der Waals surface area contributed by atoms with E-state index in [1.54, 1.807) is 0 Å². The Bertz CT molecular complexity index is 1350. The van der Waals surface area contributed by atoms with Gasteiger partial charge in [-0.15, -0.1) is 0 Å². The maximum Gasteiger partial charge on any atom is 0.137 e. The molecule has 0 aliphatic carbocycles. The Balaban J connectivity index is 1.58. The van der Waals surface area contributed by atoms with Crippen molar-refractivity contribution in [1.29, 1.82) is 5.26 Å². The summed E-state index contributed by atoms with van der Waals surface area (Å²) < 4.78 is 2.26. The number of pyridine rings is 1. The Morgan fingerprint density at radius 3 is 2.29 bits per heavy atom. The zero-order chi connectivity index (χ0) is 24.4. The minimum atomic E-state index is 0.665. The topological polar surface area (TPSA) is 50.8 Å². The van der Waals surface area contributed by atoms with Gasteiger partial charge in [0.25, 0.3) is 0 Å². The third-order valence-corrected chi connectivity index (χ3v) is 6.91. The second-order valence-corrected chi connectivity index (χ2v) is 9.62. The summed E-state index contributed by atoms with van der Waals surface area (Å²) in [6, 6.07) is 22.9. The van der Waals surface area contributed by atoms with Gasteiger partial charge in [0.1, 0.15) is 5.65 Å². The number of rotatable bonds is 5. The third-order valence-electron chi connectivity index (χ3n) is 6.91. The van der Waals surface area contributed by atoms with Crippen LogP contribution in [0.5, 0.6) is 0 Å². The molecule has 1 saturated heterocycles. The van der Waals surface area contributed by atoms with Crippen LogP contribution >= 0.6 is 0 Å². The minimum Gasteiger partial charge on any atom is -0.378 e. The van der Waals surface area contributed by atoms with E-state index in [0.717, 1.165) is 49.6 Å². The SMILES string of the molecule is CN1CCCN(Cc2c(-c3ccc(C#N)cc3)nc3ccc(-c4ccc(N(C)C)cc4)cn23)CC1. The lowest BCUT2D eigenvalue weighted by Crippen LogP contribution is -2.29. The van der Waals surface area contributed by atoms with Gasteiger partial charge in [-0.3, -0.25) is 4.90 Å². The molecule has 1 aliphatic rings. The molecule has 6 nitrogen and oxygen atoms in total. The number of aromatic nitrogens is 2. The first kappa shape index (κ1) is 23.1.